The van der Waals surface area contributed by atoms with Gasteiger partial charge in [-0.3, -0.25) is 4.79 Å². The molecule has 38 aliphatic carbocycles. The molecule has 0 aliphatic heterocycles. The molecule has 38 saturated carbocycles. The number of methoxy groups -OCH3 is 1. The fourth-order valence-corrected chi connectivity index (χ4v) is 58.2. The molecule has 39 rings (SSSR count). The quantitative estimate of drug-likeness (QED) is 0.275. The van der Waals surface area contributed by atoms with Gasteiger partial charge in [-0.1, -0.05) is 30.3 Å². The minimum Gasteiger partial charge on any atom is -0.469 e. The summed E-state index contributed by atoms with van der Waals surface area (Å²) < 4.78 is 5.82. The highest BCUT2D eigenvalue weighted by Crippen LogP contribution is 3.14. The third-order valence-electron chi connectivity index (χ3n) is 50.8. The molecule has 422 valence electrons. The van der Waals surface area contributed by atoms with Gasteiger partial charge in [0.2, 0.25) is 0 Å². The van der Waals surface area contributed by atoms with Gasteiger partial charge in [0.1, 0.15) is 0 Å². The molecule has 0 saturated heterocycles. The van der Waals surface area contributed by atoms with Crippen molar-refractivity contribution in [1.82, 2.24) is 0 Å². The normalized spacial score (nSPS) is 95.8. The van der Waals surface area contributed by atoms with Crippen LogP contribution in [-0.4, -0.2) is 13.1 Å². The van der Waals surface area contributed by atoms with Gasteiger partial charge in [-0.25, -0.2) is 0 Å². The molecule has 38 aliphatic rings. The van der Waals surface area contributed by atoms with Gasteiger partial charge in [0, 0.05) is 11.8 Å². The Labute approximate surface area is 493 Å². The molecule has 0 heterocycles. The van der Waals surface area contributed by atoms with Gasteiger partial charge in [0.25, 0.3) is 0 Å². The first-order valence-corrected chi connectivity index (χ1v) is 39.9. The molecule has 2 spiro atoms. The van der Waals surface area contributed by atoms with E-state index in [4.69, 9.17) is 4.74 Å². The van der Waals surface area contributed by atoms with Crippen LogP contribution in [0.2, 0.25) is 0 Å². The smallest absolute Gasteiger partial charge is 0.305 e. The fraction of sp³-hybridized carbons (Fsp3) is 0.915. The molecule has 0 N–H and O–H groups in total. The Hall–Kier alpha value is -1.31. The molecule has 2 nitrogen and oxygen atoms in total. The Bertz CT molecular complexity index is 3720. The van der Waals surface area contributed by atoms with Gasteiger partial charge in [-0.2, -0.15) is 0 Å². The van der Waals surface area contributed by atoms with E-state index in [-0.39, 0.29) is 5.97 Å². The Morgan fingerprint density at radius 2 is 0.440 bits per heavy atom. The molecular formula is C82H82O2. The third kappa shape index (κ3) is 2.31. The van der Waals surface area contributed by atoms with Gasteiger partial charge >= 0.3 is 5.97 Å². The van der Waals surface area contributed by atoms with E-state index in [2.05, 4.69) is 30.3 Å². The Kier molecular flexibility index (Phi) is 4.39. The first-order chi connectivity index (χ1) is 41.8. The first kappa shape index (κ1) is 38.5. The lowest BCUT2D eigenvalue weighted by Crippen LogP contribution is -2.73. The van der Waals surface area contributed by atoms with Crippen molar-refractivity contribution in [3.63, 3.8) is 0 Å². The summed E-state index contributed by atoms with van der Waals surface area (Å²) in [4.78, 5) is 14.1. The van der Waals surface area contributed by atoms with E-state index in [0.29, 0.717) is 22.7 Å². The second kappa shape index (κ2) is 9.57. The second-order valence-corrected chi connectivity index (χ2v) is 44.5. The second-order valence-electron chi connectivity index (χ2n) is 44.5. The van der Waals surface area contributed by atoms with Crippen LogP contribution in [0.1, 0.15) is 24.8 Å². The lowest BCUT2D eigenvalue weighted by Gasteiger charge is -2.76. The predicted molar refractivity (Wildman–Crippen MR) is 296 cm³/mol. The summed E-state index contributed by atoms with van der Waals surface area (Å²) in [5.74, 6) is 82.8. The van der Waals surface area contributed by atoms with E-state index in [1.54, 1.807) is 7.11 Å². The molecule has 0 amide bonds. The van der Waals surface area contributed by atoms with Crippen LogP contribution in [0.25, 0.3) is 0 Å². The number of benzene rings is 1. The molecule has 0 bridgehead atoms. The largest absolute Gasteiger partial charge is 0.469 e. The highest BCUT2D eigenvalue weighted by atomic mass is 16.5. The zero-order valence-electron chi connectivity index (χ0n) is 48.6. The minimum absolute atomic E-state index is 0.138. The zero-order valence-corrected chi connectivity index (χ0v) is 48.6. The van der Waals surface area contributed by atoms with Crippen LogP contribution < -0.4 is 0 Å². The van der Waals surface area contributed by atoms with Crippen molar-refractivity contribution >= 4 is 5.97 Å². The fourth-order valence-electron chi connectivity index (χ4n) is 58.2. The molecule has 0 aromatic heterocycles. The van der Waals surface area contributed by atoms with Crippen LogP contribution in [0.15, 0.2) is 30.3 Å². The maximum atomic E-state index is 14.1. The molecule has 67 atom stereocenters. The molecule has 1 aromatic carbocycles. The molecular weight excluding hydrogens is 1020 g/mol. The average Bonchev–Trinajstić information content (AvgIpc) is 1.36. The van der Waals surface area contributed by atoms with Crippen molar-refractivity contribution in [1.29, 1.82) is 0 Å². The number of rotatable bonds is 5. The van der Waals surface area contributed by atoms with E-state index >= 15 is 0 Å². The van der Waals surface area contributed by atoms with Crippen molar-refractivity contribution in [3.05, 3.63) is 35.9 Å². The molecule has 2 heteroatoms. The summed E-state index contributed by atoms with van der Waals surface area (Å²) in [6.07, 6.45) is 3.24. The molecule has 38 fully saturated rings. The lowest BCUT2D eigenvalue weighted by molar-refractivity contribution is -0.297. The van der Waals surface area contributed by atoms with E-state index in [1.807, 2.05) is 5.56 Å². The molecule has 1 aromatic rings. The number of hydrogen-bond acceptors (Lipinski definition) is 2. The number of carbonyl (C=O) groups excluding carboxylic acids is 1. The third-order valence-corrected chi connectivity index (χ3v) is 50.8. The van der Waals surface area contributed by atoms with E-state index in [1.165, 1.54) is 338 Å². The van der Waals surface area contributed by atoms with Gasteiger partial charge in [-0.15, -0.1) is 0 Å². The Morgan fingerprint density at radius 3 is 0.607 bits per heavy atom. The van der Waals surface area contributed by atoms with Crippen LogP contribution in [0.3, 0.4) is 0 Å². The van der Waals surface area contributed by atoms with Crippen LogP contribution in [-0.2, 0) is 14.9 Å². The van der Waals surface area contributed by atoms with Gasteiger partial charge in [0.05, 0.1) is 7.11 Å². The standard InChI is InChI=1S/C82H82O2/c1-84-11(83)8-5-9-80(10-6-3-2-4-7-10)81-76-68-60-50-40-33-24-18-12-13-15-17-16-14(12)20-27-22(16)31-32-23(17)28-21(15)30-26(19(13)24)35-41(33)51(50)61-55-45(35)37(30)47-39(28)49-43(32)53-52-42(31)48-38(27)46-36-29(20)25(18)34(40)44(36)54(60)64-58(46)66-56(48)62(52)70-71-63(53)57(49)67-59(47)65(55)73(77(81)69(61)68)75(67)79(71)82(80,81)78(70)74(66)72(64)76/h2-4,6-7,12-79H,5,8-9H2,1H3. The van der Waals surface area contributed by atoms with Crippen molar-refractivity contribution in [2.75, 3.05) is 7.11 Å². The van der Waals surface area contributed by atoms with Gasteiger partial charge in [0.15, 0.2) is 0 Å². The number of hydrogen-bond donors (Lipinski definition) is 0. The molecule has 67 unspecified atom stereocenters. The van der Waals surface area contributed by atoms with E-state index in [9.17, 15) is 4.79 Å². The number of ether oxygens (including phenoxy) is 1. The summed E-state index contributed by atoms with van der Waals surface area (Å²) in [5, 5.41) is 0. The maximum Gasteiger partial charge on any atom is 0.305 e. The van der Waals surface area contributed by atoms with Crippen molar-refractivity contribution < 1.29 is 9.53 Å². The average molecular weight is 1100 g/mol. The van der Waals surface area contributed by atoms with Crippen molar-refractivity contribution in [2.24, 2.45) is 413 Å². The van der Waals surface area contributed by atoms with Crippen molar-refractivity contribution in [2.45, 2.75) is 24.7 Å². The maximum absolute atomic E-state index is 14.1. The Morgan fingerprint density at radius 1 is 0.274 bits per heavy atom. The van der Waals surface area contributed by atoms with E-state index in [0.717, 1.165) is 77.4 Å². The number of carbonyl (C=O) groups is 1. The topological polar surface area (TPSA) is 26.3 Å². The monoisotopic (exact) mass is 1100 g/mol. The predicted octanol–water partition coefficient (Wildman–Crippen LogP) is 10.6. The summed E-state index contributed by atoms with van der Waals surface area (Å²) in [5.41, 5.74) is 3.39. The number of esters is 1. The summed E-state index contributed by atoms with van der Waals surface area (Å²) in [7, 11) is 1.76. The lowest BCUT2D eigenvalue weighted by atomic mass is 9.28. The summed E-state index contributed by atoms with van der Waals surface area (Å²) >= 11 is 0. The van der Waals surface area contributed by atoms with Gasteiger partial charge in [-0.05, 0) is 432 Å². The van der Waals surface area contributed by atoms with Crippen molar-refractivity contribution in [3.8, 4) is 0 Å². The van der Waals surface area contributed by atoms with Gasteiger partial charge < -0.3 is 4.74 Å². The minimum atomic E-state index is 0.138. The van der Waals surface area contributed by atoms with E-state index < -0.39 is 0 Å². The SMILES string of the molecule is COC(=O)CCCC1(c2ccccc2)C23C4C5C6C7C8C9C%10C%11C%12C%13C%14C%15C%16C%12C%12C%17C%11C8C8C%17C%11C%17C%12C%16C%12C%16C%15C%15C%14C%14C(C%13%10)C%10C9C7C7C9C%10C%14C%10C%15C%13C%16C%14C%15C%12C%17C%12C%15C%15C%16C%14C%13C%13C%10C9C(C%13C%16C12C%15C1C%12C%11C(C86)C14)C3C75. The zero-order chi connectivity index (χ0) is 50.3. The highest BCUT2D eigenvalue weighted by Gasteiger charge is 3.12. The van der Waals surface area contributed by atoms with Crippen LogP contribution in [0.4, 0.5) is 0 Å². The summed E-state index contributed by atoms with van der Waals surface area (Å²) in [6, 6.07) is 13.7. The summed E-state index contributed by atoms with van der Waals surface area (Å²) in [6.45, 7) is 0. The van der Waals surface area contributed by atoms with Crippen LogP contribution in [0, 0.1) is 413 Å². The molecule has 0 radical (unpaired) electrons. The Balaban J connectivity index is 0.779. The highest BCUT2D eigenvalue weighted by molar-refractivity contribution is 5.69. The first-order valence-electron chi connectivity index (χ1n) is 39.9. The van der Waals surface area contributed by atoms with Crippen LogP contribution in [0.5, 0.6) is 0 Å². The van der Waals surface area contributed by atoms with Crippen LogP contribution >= 0.6 is 0 Å². The molecule has 84 heavy (non-hydrogen) atoms.